The Hall–Kier alpha value is 0.490. The SMILES string of the molecule is C=CCSSC=CC[S+](C)[O-]. The van der Waals surface area contributed by atoms with Crippen LogP contribution >= 0.6 is 21.6 Å². The van der Waals surface area contributed by atoms with Crippen molar-refractivity contribution >= 4 is 32.8 Å². The summed E-state index contributed by atoms with van der Waals surface area (Å²) in [4.78, 5) is 0. The number of hydrogen-bond donors (Lipinski definition) is 0. The van der Waals surface area contributed by atoms with E-state index in [9.17, 15) is 4.55 Å². The zero-order chi connectivity index (χ0) is 8.53. The molecular weight excluding hydrogens is 196 g/mol. The van der Waals surface area contributed by atoms with E-state index in [1.54, 1.807) is 27.8 Å². The quantitative estimate of drug-likeness (QED) is 0.290. The molecule has 0 aromatic rings. The molecule has 4 heteroatoms. The predicted molar refractivity (Wildman–Crippen MR) is 58.3 cm³/mol. The molecule has 0 aromatic carbocycles. The van der Waals surface area contributed by atoms with Gasteiger partial charge in [-0.3, -0.25) is 0 Å². The Kier molecular flexibility index (Phi) is 8.97. The van der Waals surface area contributed by atoms with Gasteiger partial charge < -0.3 is 4.55 Å². The molecule has 0 aliphatic heterocycles. The Labute approximate surface area is 79.3 Å². The fraction of sp³-hybridized carbons (Fsp3) is 0.429. The second-order valence-electron chi connectivity index (χ2n) is 1.78. The van der Waals surface area contributed by atoms with Gasteiger partial charge in [-0.05, 0) is 11.5 Å². The van der Waals surface area contributed by atoms with Crippen molar-refractivity contribution in [1.29, 1.82) is 0 Å². The Morgan fingerprint density at radius 3 is 2.91 bits per heavy atom. The normalized spacial score (nSPS) is 13.6. The number of rotatable bonds is 6. The molecule has 0 saturated heterocycles. The zero-order valence-corrected chi connectivity index (χ0v) is 8.94. The van der Waals surface area contributed by atoms with Gasteiger partial charge in [0.05, 0.1) is 6.26 Å². The van der Waals surface area contributed by atoms with Crippen molar-refractivity contribution in [1.82, 2.24) is 0 Å². The van der Waals surface area contributed by atoms with Gasteiger partial charge >= 0.3 is 0 Å². The van der Waals surface area contributed by atoms with E-state index in [0.29, 0.717) is 5.75 Å². The average molecular weight is 208 g/mol. The van der Waals surface area contributed by atoms with Gasteiger partial charge in [0.1, 0.15) is 5.75 Å². The molecule has 0 radical (unpaired) electrons. The molecule has 0 aromatic heterocycles. The highest BCUT2D eigenvalue weighted by atomic mass is 33.1. The Balaban J connectivity index is 3.09. The van der Waals surface area contributed by atoms with Crippen molar-refractivity contribution in [3.63, 3.8) is 0 Å². The summed E-state index contributed by atoms with van der Waals surface area (Å²) >= 11 is -0.702. The van der Waals surface area contributed by atoms with Crippen LogP contribution in [0.4, 0.5) is 0 Å². The molecule has 0 fully saturated rings. The fourth-order valence-corrected chi connectivity index (χ4v) is 2.25. The molecular formula is C7H12OS3. The van der Waals surface area contributed by atoms with Crippen molar-refractivity contribution < 1.29 is 4.55 Å². The third kappa shape index (κ3) is 10.5. The van der Waals surface area contributed by atoms with Gasteiger partial charge in [0.2, 0.25) is 0 Å². The van der Waals surface area contributed by atoms with Crippen LogP contribution in [0.3, 0.4) is 0 Å². The van der Waals surface area contributed by atoms with Gasteiger partial charge in [-0.2, -0.15) is 0 Å². The van der Waals surface area contributed by atoms with Crippen LogP contribution in [0.5, 0.6) is 0 Å². The van der Waals surface area contributed by atoms with Crippen LogP contribution < -0.4 is 0 Å². The molecule has 0 aliphatic carbocycles. The van der Waals surface area contributed by atoms with Crippen LogP contribution in [0.1, 0.15) is 0 Å². The smallest absolute Gasteiger partial charge is 0.124 e. The highest BCUT2D eigenvalue weighted by Gasteiger charge is 1.88. The van der Waals surface area contributed by atoms with Crippen molar-refractivity contribution in [2.75, 3.05) is 17.8 Å². The van der Waals surface area contributed by atoms with E-state index in [1.807, 2.05) is 17.6 Å². The standard InChI is InChI=1S/C7H12OS3/c1-3-5-9-10-6-4-7-11(2)8/h3-4,6H,1,5,7H2,2H3. The van der Waals surface area contributed by atoms with Crippen LogP contribution in [0.15, 0.2) is 24.1 Å². The summed E-state index contributed by atoms with van der Waals surface area (Å²) in [5, 5.41) is 1.97. The molecule has 0 spiro atoms. The minimum atomic E-state index is -0.702. The lowest BCUT2D eigenvalue weighted by molar-refractivity contribution is 0.603. The molecule has 1 nitrogen and oxygen atoms in total. The van der Waals surface area contributed by atoms with Gasteiger partial charge in [0.15, 0.2) is 0 Å². The largest absolute Gasteiger partial charge is 0.616 e. The molecule has 0 amide bonds. The van der Waals surface area contributed by atoms with Crippen LogP contribution in [0.2, 0.25) is 0 Å². The maximum atomic E-state index is 10.6. The summed E-state index contributed by atoms with van der Waals surface area (Å²) in [6.45, 7) is 3.60. The zero-order valence-electron chi connectivity index (χ0n) is 6.49. The first-order valence-corrected chi connectivity index (χ1v) is 7.22. The molecule has 64 valence electrons. The molecule has 0 heterocycles. The maximum absolute atomic E-state index is 10.6. The minimum Gasteiger partial charge on any atom is -0.616 e. The Morgan fingerprint density at radius 1 is 1.64 bits per heavy atom. The van der Waals surface area contributed by atoms with Crippen LogP contribution in [-0.2, 0) is 11.2 Å². The third-order valence-electron chi connectivity index (χ3n) is 0.737. The van der Waals surface area contributed by atoms with Gasteiger partial charge in [-0.1, -0.05) is 38.8 Å². The van der Waals surface area contributed by atoms with E-state index >= 15 is 0 Å². The van der Waals surface area contributed by atoms with Crippen molar-refractivity contribution in [2.24, 2.45) is 0 Å². The third-order valence-corrected chi connectivity index (χ3v) is 3.36. The van der Waals surface area contributed by atoms with E-state index < -0.39 is 11.2 Å². The molecule has 0 aliphatic rings. The first-order chi connectivity index (χ1) is 5.27. The van der Waals surface area contributed by atoms with Crippen LogP contribution in [0, 0.1) is 0 Å². The summed E-state index contributed by atoms with van der Waals surface area (Å²) in [5.41, 5.74) is 0. The van der Waals surface area contributed by atoms with Gasteiger partial charge in [0, 0.05) is 5.75 Å². The topological polar surface area (TPSA) is 23.1 Å². The summed E-state index contributed by atoms with van der Waals surface area (Å²) in [6.07, 6.45) is 5.49. The lowest BCUT2D eigenvalue weighted by atomic mass is 10.8. The lowest BCUT2D eigenvalue weighted by Crippen LogP contribution is -1.98. The van der Waals surface area contributed by atoms with E-state index in [4.69, 9.17) is 0 Å². The summed E-state index contributed by atoms with van der Waals surface area (Å²) in [7, 11) is 3.37. The minimum absolute atomic E-state index is 0.654. The molecule has 0 rings (SSSR count). The molecule has 0 N–H and O–H groups in total. The van der Waals surface area contributed by atoms with Crippen molar-refractivity contribution in [3.05, 3.63) is 24.1 Å². The molecule has 1 unspecified atom stereocenters. The van der Waals surface area contributed by atoms with Crippen molar-refractivity contribution in [2.45, 2.75) is 0 Å². The predicted octanol–water partition coefficient (Wildman–Crippen LogP) is 2.45. The maximum Gasteiger partial charge on any atom is 0.124 e. The summed E-state index contributed by atoms with van der Waals surface area (Å²) in [6, 6.07) is 0. The first kappa shape index (κ1) is 11.5. The van der Waals surface area contributed by atoms with Crippen LogP contribution in [-0.4, -0.2) is 22.3 Å². The first-order valence-electron chi connectivity index (χ1n) is 3.11. The highest BCUT2D eigenvalue weighted by Crippen LogP contribution is 2.21. The highest BCUT2D eigenvalue weighted by molar-refractivity contribution is 8.77. The van der Waals surface area contributed by atoms with Crippen molar-refractivity contribution in [3.8, 4) is 0 Å². The van der Waals surface area contributed by atoms with Gasteiger partial charge in [0.25, 0.3) is 0 Å². The molecule has 1 atom stereocenters. The molecule has 0 bridgehead atoms. The molecule has 11 heavy (non-hydrogen) atoms. The van der Waals surface area contributed by atoms with Crippen LogP contribution in [0.25, 0.3) is 0 Å². The Morgan fingerprint density at radius 2 is 2.36 bits per heavy atom. The summed E-state index contributed by atoms with van der Waals surface area (Å²) in [5.74, 6) is 1.60. The lowest BCUT2D eigenvalue weighted by Gasteiger charge is -1.98. The van der Waals surface area contributed by atoms with E-state index in [0.717, 1.165) is 5.75 Å². The van der Waals surface area contributed by atoms with Gasteiger partial charge in [-0.25, -0.2) is 0 Å². The van der Waals surface area contributed by atoms with E-state index in [-0.39, 0.29) is 0 Å². The second kappa shape index (κ2) is 8.59. The monoisotopic (exact) mass is 208 g/mol. The van der Waals surface area contributed by atoms with Gasteiger partial charge in [-0.15, -0.1) is 6.58 Å². The average Bonchev–Trinajstić information content (AvgIpc) is 1.96. The number of hydrogen-bond acceptors (Lipinski definition) is 3. The Bertz CT molecular complexity index is 123. The summed E-state index contributed by atoms with van der Waals surface area (Å²) < 4.78 is 10.6. The second-order valence-corrected chi connectivity index (χ2v) is 5.58. The molecule has 0 saturated carbocycles. The van der Waals surface area contributed by atoms with E-state index in [1.165, 1.54) is 0 Å². The fourth-order valence-electron chi connectivity index (χ4n) is 0.341. The van der Waals surface area contributed by atoms with E-state index in [2.05, 4.69) is 6.58 Å².